The summed E-state index contributed by atoms with van der Waals surface area (Å²) in [5, 5.41) is 30.8. The van der Waals surface area contributed by atoms with E-state index in [1.165, 1.54) is 73.7 Å². The zero-order valence-electron chi connectivity index (χ0n) is 82.8. The number of ketones is 2. The number of nitrogens with two attached hydrogens (primary N) is 2. The molecule has 8 aliphatic heterocycles. The molecule has 0 spiro atoms. The third-order valence-corrected chi connectivity index (χ3v) is 28.0. The van der Waals surface area contributed by atoms with Crippen molar-refractivity contribution in [3.63, 3.8) is 0 Å². The summed E-state index contributed by atoms with van der Waals surface area (Å²) in [5.74, 6) is -3.92. The van der Waals surface area contributed by atoms with Crippen molar-refractivity contribution in [1.82, 2.24) is 19.6 Å². The summed E-state index contributed by atoms with van der Waals surface area (Å²) in [4.78, 5) is 144. The summed E-state index contributed by atoms with van der Waals surface area (Å²) in [6.45, 7) is 24.2. The van der Waals surface area contributed by atoms with Crippen molar-refractivity contribution in [3.8, 4) is 0 Å². The van der Waals surface area contributed by atoms with Crippen LogP contribution in [0.5, 0.6) is 0 Å². The number of ether oxygens (including phenoxy) is 4. The van der Waals surface area contributed by atoms with Crippen molar-refractivity contribution in [2.24, 2.45) is 0 Å². The van der Waals surface area contributed by atoms with Crippen molar-refractivity contribution in [1.29, 1.82) is 0 Å². The first-order chi connectivity index (χ1) is 67.3. The van der Waals surface area contributed by atoms with E-state index < -0.39 is 139 Å². The molecule has 6 N–H and O–H groups in total. The van der Waals surface area contributed by atoms with Crippen LogP contribution in [-0.2, 0) is 51.0 Å². The number of piperidine rings is 2. The van der Waals surface area contributed by atoms with Crippen LogP contribution in [0.15, 0.2) is 158 Å². The predicted molar refractivity (Wildman–Crippen MR) is 535 cm³/mol. The molecular formula is C108H130F4N14O16. The first-order valence-electron chi connectivity index (χ1n) is 49.4. The van der Waals surface area contributed by atoms with Crippen LogP contribution in [0, 0.1) is 43.5 Å². The van der Waals surface area contributed by atoms with E-state index in [2.05, 4.69) is 22.8 Å². The Hall–Kier alpha value is -13.6. The van der Waals surface area contributed by atoms with Gasteiger partial charge >= 0.3 is 24.4 Å². The van der Waals surface area contributed by atoms with Gasteiger partial charge in [0.05, 0.1) is 46.1 Å². The molecule has 8 aliphatic rings. The van der Waals surface area contributed by atoms with Crippen molar-refractivity contribution in [2.45, 2.75) is 281 Å². The molecule has 8 saturated heterocycles. The number of halogens is 4. The third-order valence-electron chi connectivity index (χ3n) is 28.0. The Morgan fingerprint density at radius 2 is 0.627 bits per heavy atom. The summed E-state index contributed by atoms with van der Waals surface area (Å²) in [6.07, 6.45) is 6.47. The lowest BCUT2D eigenvalue weighted by Gasteiger charge is -2.36. The number of nitrogen functional groups attached to an aromatic ring is 2. The largest absolute Gasteiger partial charge is 0.444 e. The maximum Gasteiger partial charge on any atom is 0.410 e. The number of benzene rings is 8. The Balaban J connectivity index is 0.000000215. The topological polar surface area (TPSA) is 362 Å². The second kappa shape index (κ2) is 42.7. The zero-order valence-corrected chi connectivity index (χ0v) is 82.8. The molecule has 0 saturated carbocycles. The predicted octanol–water partition coefficient (Wildman–Crippen LogP) is 21.5. The second-order valence-corrected chi connectivity index (χ2v) is 42.5. The molecule has 0 aliphatic carbocycles. The average Bonchev–Trinajstić information content (AvgIpc) is 1.59. The number of hydrogen-bond acceptors (Lipinski definition) is 22. The molecule has 6 amide bonds. The fraction of sp³-hybridized carbons (Fsp3) is 0.481. The van der Waals surface area contributed by atoms with Gasteiger partial charge in [0, 0.05) is 100 Å². The fourth-order valence-electron chi connectivity index (χ4n) is 21.5. The van der Waals surface area contributed by atoms with Crippen LogP contribution in [0.3, 0.4) is 0 Å². The third kappa shape index (κ3) is 23.9. The van der Waals surface area contributed by atoms with Gasteiger partial charge in [-0.25, -0.2) is 36.7 Å². The summed E-state index contributed by atoms with van der Waals surface area (Å²) >= 11 is 0. The van der Waals surface area contributed by atoms with Crippen molar-refractivity contribution >= 4 is 105 Å². The number of nitrogens with zero attached hydrogens (tertiary/aromatic N) is 10. The normalized spacial score (nSPS) is 20.8. The number of carbonyl (C=O) groups is 8. The maximum atomic E-state index is 16.7. The Morgan fingerprint density at radius 3 is 0.908 bits per heavy atom. The van der Waals surface area contributed by atoms with E-state index >= 15 is 17.6 Å². The molecule has 756 valence electrons. The minimum atomic E-state index is -0.943. The van der Waals surface area contributed by atoms with Gasteiger partial charge in [-0.2, -0.15) is 0 Å². The van der Waals surface area contributed by atoms with Crippen LogP contribution in [0.25, 0.3) is 0 Å². The summed E-state index contributed by atoms with van der Waals surface area (Å²) < 4.78 is 88.7. The van der Waals surface area contributed by atoms with Crippen LogP contribution in [0.2, 0.25) is 0 Å². The molecule has 0 bridgehead atoms. The molecule has 8 fully saturated rings. The highest BCUT2D eigenvalue weighted by Gasteiger charge is 2.46. The zero-order chi connectivity index (χ0) is 102. The molecule has 8 aromatic carbocycles. The molecule has 142 heavy (non-hydrogen) atoms. The standard InChI is InChI=1S/C55H68F2N6O6.C53H62F2N8O10/c1-54(2,3)68-52(66)61-24-10-14-47(61)49(64)30-36-16-18-38(28-43(36)58)45-20-21-46(39-19-17-37(44(59)29-39)31-50(65)48-15-11-25-62(48)53(67)69-55(4,5)6)63(45)40-32-41(56)51(42(57)33-40)60-26-22-35(23-27-60)34-12-8-7-9-13-34;1-52(2,3)72-50(66)59-24-10-14-43(59)48(64)56-39-18-16-34(28-45(39)62(68)69)41-20-21-42(61(41)36-30-37(54)47(38(55)31-36)58-26-22-33(23-27-58)32-12-8-7-9-13-32)35-17-19-40(46(29-35)63(70)71)57-49(65)44-15-11-25-60(44)51(67)73-53(4,5)6/h7-9,12-13,16-19,28-29,32-33,35,45-48H,10-11,14-15,20-27,30-31,58-59H2,1-6H3;7-9,12-13,16-19,28-31,33,41-44H,10-11,14-15,20-27H2,1-6H3,(H,56,64)(H,57,65)/t45-,46-,47+,48+;41-,42-,43+,44+/m11/s1. The van der Waals surface area contributed by atoms with Gasteiger partial charge in [-0.15, -0.1) is 0 Å². The molecular weight excluding hydrogens is 1830 g/mol. The summed E-state index contributed by atoms with van der Waals surface area (Å²) in [7, 11) is 0. The molecule has 8 heterocycles. The lowest BCUT2D eigenvalue weighted by Crippen LogP contribution is -2.45. The van der Waals surface area contributed by atoms with Crippen molar-refractivity contribution in [2.75, 3.05) is 94.1 Å². The van der Waals surface area contributed by atoms with Gasteiger partial charge in [-0.05, 0) is 291 Å². The lowest BCUT2D eigenvalue weighted by atomic mass is 9.89. The average molecular weight is 1960 g/mol. The quantitative estimate of drug-likeness (QED) is 0.0161. The Bertz CT molecular complexity index is 5760. The number of rotatable bonds is 22. The highest BCUT2D eigenvalue weighted by molar-refractivity contribution is 6.00. The number of nitro benzene ring substituents is 2. The SMILES string of the molecule is CC(C)(C)OC(=O)N1CCC[C@H]1C(=O)Cc1ccc([C@H]2CC[C@H](c3ccc(CC(=O)[C@@H]4CCCN4C(=O)OC(C)(C)C)c(N)c3)N2c2cc(F)c(N3CCC(c4ccccc4)CC3)c(F)c2)cc1N.CC(C)(C)OC(=O)N1CCC[C@H]1C(=O)Nc1ccc([C@H]2CC[C@H](c3ccc(NC(=O)[C@@H]4CCCN4C(=O)OC(C)(C)C)c([N+](=O)[O-])c3)N2c2cc(F)c(N3CCC(c4ccccc4)CC3)c(F)c2)cc1[N+](=O)[O-]. The van der Waals surface area contributed by atoms with Gasteiger partial charge in [0.2, 0.25) is 11.8 Å². The van der Waals surface area contributed by atoms with Gasteiger partial charge in [0.15, 0.2) is 34.8 Å². The Morgan fingerprint density at radius 1 is 0.352 bits per heavy atom. The lowest BCUT2D eigenvalue weighted by molar-refractivity contribution is -0.384. The first kappa shape index (κ1) is 103. The van der Waals surface area contributed by atoms with Gasteiger partial charge in [0.25, 0.3) is 11.4 Å². The van der Waals surface area contributed by atoms with E-state index in [0.29, 0.717) is 162 Å². The van der Waals surface area contributed by atoms with E-state index in [-0.39, 0.29) is 96.8 Å². The van der Waals surface area contributed by atoms with Crippen LogP contribution < -0.4 is 41.7 Å². The number of likely N-dealkylation sites (tertiary alicyclic amines) is 4. The molecule has 0 radical (unpaired) electrons. The summed E-state index contributed by atoms with van der Waals surface area (Å²) in [6, 6.07) is 39.8. The molecule has 16 rings (SSSR count). The van der Waals surface area contributed by atoms with Gasteiger partial charge in [0.1, 0.15) is 57.2 Å². The van der Waals surface area contributed by atoms with Gasteiger partial charge in [-0.1, -0.05) is 97.1 Å². The highest BCUT2D eigenvalue weighted by Crippen LogP contribution is 2.53. The van der Waals surface area contributed by atoms with E-state index in [1.807, 2.05) is 94.7 Å². The smallest absolute Gasteiger partial charge is 0.410 e. The van der Waals surface area contributed by atoms with Crippen LogP contribution in [0.1, 0.15) is 266 Å². The number of carbonyl (C=O) groups excluding carboxylic acids is 8. The number of nitrogens with one attached hydrogen (secondary N) is 2. The number of Topliss-reactive ketones (excluding diaryl/α,β-unsaturated/α-hetero) is 2. The van der Waals surface area contributed by atoms with Crippen LogP contribution in [0.4, 0.5) is 93.6 Å². The molecule has 8 atom stereocenters. The molecule has 34 heteroatoms. The molecule has 30 nitrogen and oxygen atoms in total. The number of nitro groups is 2. The fourth-order valence-corrected chi connectivity index (χ4v) is 21.5. The van der Waals surface area contributed by atoms with Gasteiger partial charge < -0.3 is 60.6 Å². The van der Waals surface area contributed by atoms with E-state index in [0.717, 1.165) is 29.5 Å². The molecule has 0 unspecified atom stereocenters. The Labute approximate surface area is 825 Å². The summed E-state index contributed by atoms with van der Waals surface area (Å²) in [5.41, 5.74) is 16.3. The van der Waals surface area contributed by atoms with E-state index in [9.17, 15) is 58.6 Å². The molecule has 8 aromatic rings. The van der Waals surface area contributed by atoms with Crippen LogP contribution in [-0.4, -0.2) is 176 Å². The maximum absolute atomic E-state index is 16.7. The van der Waals surface area contributed by atoms with Crippen LogP contribution >= 0.6 is 0 Å². The second-order valence-electron chi connectivity index (χ2n) is 42.5. The Kier molecular flexibility index (Phi) is 30.9. The highest BCUT2D eigenvalue weighted by atomic mass is 19.1. The van der Waals surface area contributed by atoms with Gasteiger partial charge in [-0.3, -0.25) is 59.0 Å². The monoisotopic (exact) mass is 1950 g/mol. The van der Waals surface area contributed by atoms with E-state index in [1.54, 1.807) is 105 Å². The first-order valence-corrected chi connectivity index (χ1v) is 49.4. The number of hydrogen-bond donors (Lipinski definition) is 4. The van der Waals surface area contributed by atoms with Crippen molar-refractivity contribution < 1.29 is 84.7 Å². The van der Waals surface area contributed by atoms with E-state index in [4.69, 9.17) is 30.4 Å². The number of amides is 6. The van der Waals surface area contributed by atoms with Crippen molar-refractivity contribution in [3.05, 3.63) is 246 Å². The number of anilines is 8. The minimum absolute atomic E-state index is 0.0292. The molecule has 0 aromatic heterocycles. The minimum Gasteiger partial charge on any atom is -0.444 e.